The molecule has 3 aromatic heterocycles. The van der Waals surface area contributed by atoms with Crippen LogP contribution in [0.2, 0.25) is 0 Å². The smallest absolute Gasteiger partial charge is 0.216 e. The van der Waals surface area contributed by atoms with Crippen LogP contribution in [-0.2, 0) is 20.1 Å². The Bertz CT molecular complexity index is 1900. The molecule has 0 fully saturated rings. The Labute approximate surface area is 267 Å². The van der Waals surface area contributed by atoms with Gasteiger partial charge in [-0.15, -0.1) is 53.6 Å². The van der Waals surface area contributed by atoms with E-state index in [9.17, 15) is 0 Å². The monoisotopic (exact) mass is 737 g/mol. The zero-order valence-electron chi connectivity index (χ0n) is 24.8. The summed E-state index contributed by atoms with van der Waals surface area (Å²) in [6.45, 7) is 3.75. The maximum Gasteiger partial charge on any atom is 0.216 e. The maximum absolute atomic E-state index is 8.37. The van der Waals surface area contributed by atoms with Gasteiger partial charge in [0, 0.05) is 44.9 Å². The van der Waals surface area contributed by atoms with Crippen molar-refractivity contribution in [3.63, 3.8) is 0 Å². The van der Waals surface area contributed by atoms with Gasteiger partial charge in [0.1, 0.15) is 0 Å². The first kappa shape index (κ1) is 28.4. The molecule has 0 aliphatic rings. The van der Waals surface area contributed by atoms with Crippen LogP contribution in [0.4, 0.5) is 0 Å². The van der Waals surface area contributed by atoms with Gasteiger partial charge in [-0.05, 0) is 47.1 Å². The van der Waals surface area contributed by atoms with Crippen LogP contribution in [0.15, 0.2) is 138 Å². The number of hydrogen-bond donors (Lipinski definition) is 0. The van der Waals surface area contributed by atoms with Crippen LogP contribution in [0.5, 0.6) is 0 Å². The van der Waals surface area contributed by atoms with Crippen molar-refractivity contribution in [3.05, 3.63) is 151 Å². The number of fused-ring (bicyclic) bond motifs is 1. The van der Waals surface area contributed by atoms with E-state index >= 15 is 0 Å². The van der Waals surface area contributed by atoms with Crippen molar-refractivity contribution >= 4 is 11.1 Å². The van der Waals surface area contributed by atoms with Crippen molar-refractivity contribution in [2.75, 3.05) is 0 Å². The second-order valence-corrected chi connectivity index (χ2v) is 9.95. The Morgan fingerprint density at radius 1 is 0.698 bits per heavy atom. The van der Waals surface area contributed by atoms with Gasteiger partial charge >= 0.3 is 0 Å². The van der Waals surface area contributed by atoms with Crippen LogP contribution < -0.4 is 0 Å². The van der Waals surface area contributed by atoms with E-state index in [-0.39, 0.29) is 20.1 Å². The van der Waals surface area contributed by atoms with Gasteiger partial charge in [-0.25, -0.2) is 4.98 Å². The number of nitrogens with zero attached hydrogens (tertiary/aromatic N) is 3. The Morgan fingerprint density at radius 2 is 1.40 bits per heavy atom. The van der Waals surface area contributed by atoms with Crippen molar-refractivity contribution in [1.82, 2.24) is 15.0 Å². The summed E-state index contributed by atoms with van der Waals surface area (Å²) in [6.07, 6.45) is 3.54. The molecule has 0 aliphatic carbocycles. The molecule has 0 unspecified atom stereocenters. The predicted octanol–water partition coefficient (Wildman–Crippen LogP) is 9.69. The molecule has 0 atom stereocenters. The number of aromatic nitrogens is 3. The van der Waals surface area contributed by atoms with Crippen LogP contribution in [0.3, 0.4) is 0 Å². The van der Waals surface area contributed by atoms with Crippen LogP contribution in [0.1, 0.15) is 26.7 Å². The molecular formula is C38H29IrN3O-2. The normalized spacial score (nSPS) is 11.2. The standard InChI is InChI=1S/C27H21N2O.C11H8N.Ir/c1-18(2)21-13-14-28-24(16-21)22-15-23(19-9-5-3-6-10-19)26-25(17-22)29-27(30-26)20-11-7-4-8-12-20;1-2-6-10(7-3-1)11-8-4-5-9-12-11;/h3-16,18H,1-2H3;1-6,8-9H;/q2*-1;/i18D;;. The fourth-order valence-electron chi connectivity index (χ4n) is 4.60. The molecule has 0 aliphatic heterocycles. The number of rotatable bonds is 5. The molecule has 0 N–H and O–H groups in total. The van der Waals surface area contributed by atoms with Gasteiger partial charge in [0.15, 0.2) is 0 Å². The SMILES string of the molecule is [2H]C(C)(C)c1ccnc(-c2[c-]c3nc(-c4ccccc4)oc3c(-c3ccccc3)c2)c1.[Ir].[c-]1ccccc1-c1ccccn1. The van der Waals surface area contributed by atoms with Crippen molar-refractivity contribution < 1.29 is 25.9 Å². The minimum atomic E-state index is -0.710. The molecule has 7 rings (SSSR count). The van der Waals surface area contributed by atoms with Gasteiger partial charge in [-0.3, -0.25) is 0 Å². The number of pyridine rings is 2. The molecule has 5 heteroatoms. The first-order chi connectivity index (χ1) is 21.0. The number of hydrogen-bond acceptors (Lipinski definition) is 4. The summed E-state index contributed by atoms with van der Waals surface area (Å²) in [5, 5.41) is 0. The zero-order chi connectivity index (χ0) is 29.6. The van der Waals surface area contributed by atoms with Gasteiger partial charge < -0.3 is 14.4 Å². The Kier molecular flexibility index (Phi) is 9.24. The van der Waals surface area contributed by atoms with E-state index in [1.807, 2.05) is 123 Å². The summed E-state index contributed by atoms with van der Waals surface area (Å²) < 4.78 is 14.6. The van der Waals surface area contributed by atoms with Crippen molar-refractivity contribution in [1.29, 1.82) is 0 Å². The second-order valence-electron chi connectivity index (χ2n) is 9.95. The summed E-state index contributed by atoms with van der Waals surface area (Å²) in [7, 11) is 0. The summed E-state index contributed by atoms with van der Waals surface area (Å²) in [4.78, 5) is 13.5. The van der Waals surface area contributed by atoms with Gasteiger partial charge in [0.25, 0.3) is 0 Å². The Hall–Kier alpha value is -4.70. The third-order valence-corrected chi connectivity index (χ3v) is 6.78. The molecule has 0 saturated carbocycles. The molecule has 3 heterocycles. The van der Waals surface area contributed by atoms with E-state index in [1.165, 1.54) is 0 Å². The van der Waals surface area contributed by atoms with E-state index in [0.29, 0.717) is 17.0 Å². The predicted molar refractivity (Wildman–Crippen MR) is 170 cm³/mol. The van der Waals surface area contributed by atoms with E-state index in [2.05, 4.69) is 34.2 Å². The average Bonchev–Trinajstić information content (AvgIpc) is 3.51. The van der Waals surface area contributed by atoms with Crippen LogP contribution in [0.25, 0.3) is 56.2 Å². The number of oxazole rings is 1. The van der Waals surface area contributed by atoms with Gasteiger partial charge in [0.05, 0.1) is 5.58 Å². The Balaban J connectivity index is 0.000000248. The molecule has 4 nitrogen and oxygen atoms in total. The van der Waals surface area contributed by atoms with Crippen molar-refractivity contribution in [2.24, 2.45) is 0 Å². The fourth-order valence-corrected chi connectivity index (χ4v) is 4.60. The second kappa shape index (κ2) is 14.0. The molecule has 0 amide bonds. The van der Waals surface area contributed by atoms with Gasteiger partial charge in [-0.2, -0.15) is 0 Å². The quantitative estimate of drug-likeness (QED) is 0.165. The van der Waals surface area contributed by atoms with Crippen molar-refractivity contribution in [3.8, 4) is 45.1 Å². The third-order valence-electron chi connectivity index (χ3n) is 6.78. The summed E-state index contributed by atoms with van der Waals surface area (Å²) in [5.41, 5.74) is 8.76. The van der Waals surface area contributed by atoms with Gasteiger partial charge in [0.2, 0.25) is 5.89 Å². The van der Waals surface area contributed by atoms with Gasteiger partial charge in [-0.1, -0.05) is 91.7 Å². The minimum Gasteiger partial charge on any atom is -0.484 e. The average molecular weight is 737 g/mol. The minimum absolute atomic E-state index is 0. The van der Waals surface area contributed by atoms with Crippen LogP contribution in [0, 0.1) is 12.1 Å². The van der Waals surface area contributed by atoms with Crippen LogP contribution >= 0.6 is 0 Å². The molecule has 7 aromatic rings. The Morgan fingerprint density at radius 3 is 2.07 bits per heavy atom. The molecule has 4 aromatic carbocycles. The summed E-state index contributed by atoms with van der Waals surface area (Å²) in [6, 6.07) is 46.1. The topological polar surface area (TPSA) is 51.8 Å². The molecular weight excluding hydrogens is 707 g/mol. The maximum atomic E-state index is 8.37. The molecule has 0 bridgehead atoms. The van der Waals surface area contributed by atoms with E-state index in [1.54, 1.807) is 12.4 Å². The molecule has 1 radical (unpaired) electrons. The number of benzene rings is 4. The first-order valence-corrected chi connectivity index (χ1v) is 13.8. The first-order valence-electron chi connectivity index (χ1n) is 14.3. The molecule has 0 spiro atoms. The van der Waals surface area contributed by atoms with Crippen LogP contribution in [-0.4, -0.2) is 15.0 Å². The molecule has 213 valence electrons. The van der Waals surface area contributed by atoms with E-state index in [4.69, 9.17) is 10.8 Å². The largest absolute Gasteiger partial charge is 0.484 e. The summed E-state index contributed by atoms with van der Waals surface area (Å²) in [5.74, 6) is -0.145. The van der Waals surface area contributed by atoms with E-state index in [0.717, 1.165) is 44.8 Å². The van der Waals surface area contributed by atoms with Crippen molar-refractivity contribution in [2.45, 2.75) is 19.7 Å². The molecule has 43 heavy (non-hydrogen) atoms. The zero-order valence-corrected chi connectivity index (χ0v) is 26.2. The summed E-state index contributed by atoms with van der Waals surface area (Å²) >= 11 is 0. The third kappa shape index (κ3) is 7.03. The molecule has 0 saturated heterocycles. The fraction of sp³-hybridized carbons (Fsp3) is 0.0789. The van der Waals surface area contributed by atoms with E-state index < -0.39 is 5.89 Å².